The van der Waals surface area contributed by atoms with Crippen molar-refractivity contribution >= 4 is 23.3 Å². The van der Waals surface area contributed by atoms with E-state index in [0.717, 1.165) is 17.7 Å². The molecule has 0 radical (unpaired) electrons. The van der Waals surface area contributed by atoms with Crippen molar-refractivity contribution in [2.75, 3.05) is 23.9 Å². The van der Waals surface area contributed by atoms with Crippen molar-refractivity contribution in [3.63, 3.8) is 0 Å². The summed E-state index contributed by atoms with van der Waals surface area (Å²) in [7, 11) is 1.55. The van der Waals surface area contributed by atoms with Crippen molar-refractivity contribution in [3.05, 3.63) is 78.1 Å². The zero-order valence-electron chi connectivity index (χ0n) is 18.4. The molecule has 0 atom stereocenters. The number of anilines is 2. The Labute approximate surface area is 192 Å². The molecule has 3 amide bonds. The van der Waals surface area contributed by atoms with E-state index in [1.165, 1.54) is 0 Å². The van der Waals surface area contributed by atoms with Gasteiger partial charge in [-0.1, -0.05) is 18.2 Å². The molecular formula is C25H26N4O4. The summed E-state index contributed by atoms with van der Waals surface area (Å²) in [6.45, 7) is 1.39. The third-order valence-electron chi connectivity index (χ3n) is 5.27. The fourth-order valence-corrected chi connectivity index (χ4v) is 3.62. The Balaban J connectivity index is 1.31. The van der Waals surface area contributed by atoms with Crippen LogP contribution in [0.2, 0.25) is 0 Å². The SMILES string of the molecule is COc1cc(NC(=O)NCc2cccc(OCc3ccccn3)c2)ccc1N1CCCC1=O. The Bertz CT molecular complexity index is 1120. The number of carbonyl (C=O) groups is 2. The number of methoxy groups -OCH3 is 1. The second kappa shape index (κ2) is 10.5. The van der Waals surface area contributed by atoms with Crippen LogP contribution in [0.25, 0.3) is 0 Å². The van der Waals surface area contributed by atoms with Gasteiger partial charge < -0.3 is 25.0 Å². The minimum atomic E-state index is -0.346. The van der Waals surface area contributed by atoms with Gasteiger partial charge in [0.25, 0.3) is 0 Å². The predicted octanol–water partition coefficient (Wildman–Crippen LogP) is 4.12. The van der Waals surface area contributed by atoms with E-state index >= 15 is 0 Å². The summed E-state index contributed by atoms with van der Waals surface area (Å²) in [5, 5.41) is 5.64. The molecule has 8 heteroatoms. The van der Waals surface area contributed by atoms with Gasteiger partial charge in [0.1, 0.15) is 18.1 Å². The highest BCUT2D eigenvalue weighted by Gasteiger charge is 2.24. The fraction of sp³-hybridized carbons (Fsp3) is 0.240. The molecule has 0 aliphatic carbocycles. The Hall–Kier alpha value is -4.07. The number of hydrogen-bond donors (Lipinski definition) is 2. The van der Waals surface area contributed by atoms with E-state index < -0.39 is 0 Å². The van der Waals surface area contributed by atoms with Crippen LogP contribution in [-0.2, 0) is 17.9 Å². The second-order valence-electron chi connectivity index (χ2n) is 7.60. The summed E-state index contributed by atoms with van der Waals surface area (Å²) in [6.07, 6.45) is 3.10. The first kappa shape index (κ1) is 22.1. The number of urea groups is 1. The first-order chi connectivity index (χ1) is 16.1. The van der Waals surface area contributed by atoms with Crippen molar-refractivity contribution in [3.8, 4) is 11.5 Å². The molecule has 0 saturated carbocycles. The zero-order valence-corrected chi connectivity index (χ0v) is 18.4. The van der Waals surface area contributed by atoms with Crippen LogP contribution in [-0.4, -0.2) is 30.6 Å². The molecule has 0 unspecified atom stereocenters. The number of rotatable bonds is 8. The summed E-state index contributed by atoms with van der Waals surface area (Å²) in [5.74, 6) is 1.33. The van der Waals surface area contributed by atoms with Gasteiger partial charge >= 0.3 is 6.03 Å². The van der Waals surface area contributed by atoms with Gasteiger partial charge in [-0.3, -0.25) is 9.78 Å². The number of nitrogens with one attached hydrogen (secondary N) is 2. The van der Waals surface area contributed by atoms with Crippen LogP contribution in [0.5, 0.6) is 11.5 Å². The summed E-state index contributed by atoms with van der Waals surface area (Å²) < 4.78 is 11.2. The van der Waals surface area contributed by atoms with Crippen LogP contribution >= 0.6 is 0 Å². The van der Waals surface area contributed by atoms with E-state index in [1.54, 1.807) is 36.4 Å². The lowest BCUT2D eigenvalue weighted by atomic mass is 10.2. The quantitative estimate of drug-likeness (QED) is 0.543. The zero-order chi connectivity index (χ0) is 23.0. The molecule has 2 N–H and O–H groups in total. The lowest BCUT2D eigenvalue weighted by Crippen LogP contribution is -2.28. The molecule has 3 aromatic rings. The second-order valence-corrected chi connectivity index (χ2v) is 7.60. The summed E-state index contributed by atoms with van der Waals surface area (Å²) in [5.41, 5.74) is 3.04. The van der Waals surface area contributed by atoms with Crippen molar-refractivity contribution in [1.29, 1.82) is 0 Å². The molecule has 1 fully saturated rings. The molecule has 1 aromatic heterocycles. The monoisotopic (exact) mass is 446 g/mol. The predicted molar refractivity (Wildman–Crippen MR) is 125 cm³/mol. The molecule has 0 spiro atoms. The first-order valence-corrected chi connectivity index (χ1v) is 10.8. The van der Waals surface area contributed by atoms with Crippen molar-refractivity contribution in [2.45, 2.75) is 26.0 Å². The highest BCUT2D eigenvalue weighted by Crippen LogP contribution is 2.33. The van der Waals surface area contributed by atoms with Gasteiger partial charge in [-0.05, 0) is 48.4 Å². The van der Waals surface area contributed by atoms with E-state index in [1.807, 2.05) is 42.5 Å². The molecule has 4 rings (SSSR count). The van der Waals surface area contributed by atoms with Crippen LogP contribution in [0.1, 0.15) is 24.1 Å². The third-order valence-corrected chi connectivity index (χ3v) is 5.27. The number of ether oxygens (including phenoxy) is 2. The van der Waals surface area contributed by atoms with Crippen LogP contribution in [0.15, 0.2) is 66.9 Å². The van der Waals surface area contributed by atoms with Gasteiger partial charge in [0.05, 0.1) is 18.5 Å². The number of pyridine rings is 1. The number of benzene rings is 2. The maximum atomic E-state index is 12.4. The minimum absolute atomic E-state index is 0.0815. The average Bonchev–Trinajstić information content (AvgIpc) is 3.28. The van der Waals surface area contributed by atoms with E-state index in [0.29, 0.717) is 49.0 Å². The molecule has 1 aliphatic heterocycles. The van der Waals surface area contributed by atoms with Gasteiger partial charge in [0.15, 0.2) is 0 Å². The maximum Gasteiger partial charge on any atom is 0.319 e. The highest BCUT2D eigenvalue weighted by molar-refractivity contribution is 5.97. The smallest absolute Gasteiger partial charge is 0.319 e. The van der Waals surface area contributed by atoms with Gasteiger partial charge in [0, 0.05) is 37.5 Å². The number of nitrogens with zero attached hydrogens (tertiary/aromatic N) is 2. The lowest BCUT2D eigenvalue weighted by molar-refractivity contribution is -0.117. The Morgan fingerprint density at radius 1 is 1.12 bits per heavy atom. The normalized spacial score (nSPS) is 13.0. The molecular weight excluding hydrogens is 420 g/mol. The number of aromatic nitrogens is 1. The molecule has 1 aliphatic rings. The van der Waals surface area contributed by atoms with Crippen molar-refractivity contribution in [1.82, 2.24) is 10.3 Å². The Kier molecular flexibility index (Phi) is 7.04. The maximum absolute atomic E-state index is 12.4. The summed E-state index contributed by atoms with van der Waals surface area (Å²) in [4.78, 5) is 30.4. The van der Waals surface area contributed by atoms with Crippen molar-refractivity contribution in [2.24, 2.45) is 0 Å². The fourth-order valence-electron chi connectivity index (χ4n) is 3.62. The molecule has 0 bridgehead atoms. The first-order valence-electron chi connectivity index (χ1n) is 10.8. The highest BCUT2D eigenvalue weighted by atomic mass is 16.5. The van der Waals surface area contributed by atoms with Gasteiger partial charge in [-0.15, -0.1) is 0 Å². The summed E-state index contributed by atoms with van der Waals surface area (Å²) in [6, 6.07) is 18.1. The molecule has 2 heterocycles. The average molecular weight is 447 g/mol. The summed E-state index contributed by atoms with van der Waals surface area (Å²) >= 11 is 0. The number of hydrogen-bond acceptors (Lipinski definition) is 5. The van der Waals surface area contributed by atoms with Crippen molar-refractivity contribution < 1.29 is 19.1 Å². The van der Waals surface area contributed by atoms with E-state index in [4.69, 9.17) is 9.47 Å². The topological polar surface area (TPSA) is 92.8 Å². The van der Waals surface area contributed by atoms with E-state index in [2.05, 4.69) is 15.6 Å². The van der Waals surface area contributed by atoms with Crippen LogP contribution in [0.3, 0.4) is 0 Å². The molecule has 170 valence electrons. The lowest BCUT2D eigenvalue weighted by Gasteiger charge is -2.19. The Morgan fingerprint density at radius 2 is 2.03 bits per heavy atom. The standard InChI is InChI=1S/C25H26N4O4/c1-32-23-15-19(10-11-22(23)29-13-5-9-24(29)30)28-25(31)27-16-18-6-4-8-21(14-18)33-17-20-7-2-3-12-26-20/h2-4,6-8,10-12,14-15H,5,9,13,16-17H2,1H3,(H2,27,28,31). The Morgan fingerprint density at radius 3 is 2.79 bits per heavy atom. The van der Waals surface area contributed by atoms with E-state index in [9.17, 15) is 9.59 Å². The third kappa shape index (κ3) is 5.79. The van der Waals surface area contributed by atoms with E-state index in [-0.39, 0.29) is 11.9 Å². The molecule has 33 heavy (non-hydrogen) atoms. The van der Waals surface area contributed by atoms with Gasteiger partial charge in [0.2, 0.25) is 5.91 Å². The molecule has 1 saturated heterocycles. The minimum Gasteiger partial charge on any atom is -0.494 e. The van der Waals surface area contributed by atoms with Gasteiger partial charge in [-0.2, -0.15) is 0 Å². The van der Waals surface area contributed by atoms with Gasteiger partial charge in [-0.25, -0.2) is 4.79 Å². The van der Waals surface area contributed by atoms with Crippen LogP contribution in [0, 0.1) is 0 Å². The van der Waals surface area contributed by atoms with Crippen LogP contribution in [0.4, 0.5) is 16.2 Å². The molecule has 2 aromatic carbocycles. The molecule has 8 nitrogen and oxygen atoms in total. The largest absolute Gasteiger partial charge is 0.494 e. The number of carbonyl (C=O) groups excluding carboxylic acids is 2. The number of amides is 3. The van der Waals surface area contributed by atoms with Crippen LogP contribution < -0.4 is 25.0 Å².